The third-order valence-corrected chi connectivity index (χ3v) is 13.6. The Balaban J connectivity index is 1.02. The van der Waals surface area contributed by atoms with E-state index in [0.717, 1.165) is 45.4 Å². The van der Waals surface area contributed by atoms with Crippen LogP contribution < -0.4 is 19.7 Å². The van der Waals surface area contributed by atoms with E-state index in [9.17, 15) is 33.1 Å². The fourth-order valence-electron chi connectivity index (χ4n) is 10.4. The standard InChI is InChI=1S/C47H55F2N9O8/c1-24(2)39(54-45(61)64-6)43(59)56-19-7-9-35(56)41-50-29-14-11-26(21-31(29)52-41)33-16-17-34(58(33)28-13-18-37-38(23-28)66-47(48,49)65-37)27-12-15-30-32(22-27)53-42(51-30)36-10-8-20-57(36)44(60)40(25(3)4)55(5)46(62)63/h11-15,18,21-25,33-36,39-40H,7-10,16-17,19-20H2,1-6H3,(H,50,52)(H,51,53)(H,54,61)(H,62,63)/t33-,34-,35+,36+,39+,40+/m1/s1. The number of likely N-dealkylation sites (tertiary alicyclic amines) is 2. The van der Waals surface area contributed by atoms with Gasteiger partial charge in [-0.05, 0) is 97.9 Å². The van der Waals surface area contributed by atoms with Crippen molar-refractivity contribution >= 4 is 51.8 Å². The van der Waals surface area contributed by atoms with Gasteiger partial charge < -0.3 is 49.3 Å². The van der Waals surface area contributed by atoms with Crippen molar-refractivity contribution in [2.24, 2.45) is 11.8 Å². The minimum absolute atomic E-state index is 0.0529. The number of carbonyl (C=O) groups excluding carboxylic acids is 3. The van der Waals surface area contributed by atoms with Gasteiger partial charge >= 0.3 is 18.5 Å². The molecule has 4 aliphatic rings. The lowest BCUT2D eigenvalue weighted by atomic mass is 10.0. The first-order valence-electron chi connectivity index (χ1n) is 22.6. The number of aromatic amines is 2. The predicted octanol–water partition coefficient (Wildman–Crippen LogP) is 8.19. The quantitative estimate of drug-likeness (QED) is 0.0997. The molecule has 3 aromatic carbocycles. The van der Waals surface area contributed by atoms with Crippen molar-refractivity contribution in [1.82, 2.24) is 40.0 Å². The normalized spacial score (nSPS) is 22.2. The fourth-order valence-corrected chi connectivity index (χ4v) is 10.4. The van der Waals surface area contributed by atoms with Crippen molar-refractivity contribution in [1.29, 1.82) is 0 Å². The molecule has 2 aromatic heterocycles. The summed E-state index contributed by atoms with van der Waals surface area (Å²) < 4.78 is 43.1. The number of alkyl carbamates (subject to hydrolysis) is 1. The number of methoxy groups -OCH3 is 1. The van der Waals surface area contributed by atoms with Gasteiger partial charge in [-0.25, -0.2) is 19.6 Å². The number of hydrogen-bond donors (Lipinski definition) is 4. The van der Waals surface area contributed by atoms with Gasteiger partial charge in [0.05, 0.1) is 53.3 Å². The first kappa shape index (κ1) is 44.5. The summed E-state index contributed by atoms with van der Waals surface area (Å²) in [5.41, 5.74) is 5.57. The van der Waals surface area contributed by atoms with Crippen molar-refractivity contribution in [2.45, 2.75) is 109 Å². The van der Waals surface area contributed by atoms with Crippen LogP contribution in [-0.4, -0.2) is 109 Å². The van der Waals surface area contributed by atoms with Gasteiger partial charge in [0.2, 0.25) is 11.8 Å². The summed E-state index contributed by atoms with van der Waals surface area (Å²) in [4.78, 5) is 75.5. The van der Waals surface area contributed by atoms with Crippen molar-refractivity contribution in [2.75, 3.05) is 32.1 Å². The molecule has 17 nitrogen and oxygen atoms in total. The third kappa shape index (κ3) is 8.16. The molecule has 0 bridgehead atoms. The number of nitrogens with zero attached hydrogens (tertiary/aromatic N) is 6. The highest BCUT2D eigenvalue weighted by Gasteiger charge is 2.45. The van der Waals surface area contributed by atoms with Gasteiger partial charge in [-0.15, -0.1) is 8.78 Å². The van der Waals surface area contributed by atoms with Gasteiger partial charge in [0.1, 0.15) is 23.7 Å². The maximum Gasteiger partial charge on any atom is 0.586 e. The number of rotatable bonds is 11. The summed E-state index contributed by atoms with van der Waals surface area (Å²) in [7, 11) is 2.69. The van der Waals surface area contributed by atoms with Gasteiger partial charge in [0.25, 0.3) is 0 Å². The van der Waals surface area contributed by atoms with Crippen molar-refractivity contribution < 1.29 is 47.3 Å². The van der Waals surface area contributed by atoms with Crippen LogP contribution in [0.1, 0.15) is 113 Å². The Morgan fingerprint density at radius 1 is 0.773 bits per heavy atom. The number of imidazole rings is 2. The van der Waals surface area contributed by atoms with Gasteiger partial charge in [0.15, 0.2) is 11.5 Å². The number of aromatic nitrogens is 4. The number of H-pyrrole nitrogens is 2. The molecule has 6 atom stereocenters. The van der Waals surface area contributed by atoms with Gasteiger partial charge in [0, 0.05) is 31.9 Å². The Bertz CT molecular complexity index is 2690. The Labute approximate surface area is 379 Å². The number of anilines is 1. The van der Waals surface area contributed by atoms with E-state index < -0.39 is 30.6 Å². The van der Waals surface area contributed by atoms with Crippen LogP contribution in [0.3, 0.4) is 0 Å². The van der Waals surface area contributed by atoms with Crippen LogP contribution in [0.2, 0.25) is 0 Å². The van der Waals surface area contributed by atoms with E-state index in [1.54, 1.807) is 21.9 Å². The largest absolute Gasteiger partial charge is 0.586 e. The zero-order valence-electron chi connectivity index (χ0n) is 37.7. The zero-order valence-corrected chi connectivity index (χ0v) is 37.7. The van der Waals surface area contributed by atoms with E-state index in [-0.39, 0.29) is 59.3 Å². The van der Waals surface area contributed by atoms with Crippen LogP contribution in [-0.2, 0) is 14.3 Å². The first-order valence-corrected chi connectivity index (χ1v) is 22.6. The Morgan fingerprint density at radius 2 is 1.32 bits per heavy atom. The third-order valence-electron chi connectivity index (χ3n) is 13.6. The van der Waals surface area contributed by atoms with Crippen LogP contribution >= 0.6 is 0 Å². The monoisotopic (exact) mass is 911 g/mol. The number of ether oxygens (including phenoxy) is 3. The number of hydrogen-bond acceptors (Lipinski definition) is 10. The highest BCUT2D eigenvalue weighted by Crippen LogP contribution is 2.51. The van der Waals surface area contributed by atoms with Crippen LogP contribution in [0, 0.1) is 11.8 Å². The minimum Gasteiger partial charge on any atom is -0.465 e. The second kappa shape index (κ2) is 17.3. The maximum absolute atomic E-state index is 14.3. The number of amides is 4. The first-order chi connectivity index (χ1) is 31.5. The number of fused-ring (bicyclic) bond motifs is 3. The molecule has 0 radical (unpaired) electrons. The smallest absolute Gasteiger partial charge is 0.465 e. The molecular formula is C47H55F2N9O8. The SMILES string of the molecule is COC(=O)N[C@H](C(=O)N1CCC[C@H]1c1nc2ccc([C@H]3CC[C@H](c4ccc5nc([C@@H]6CCCN6C(=O)[C@H](C(C)C)N(C)C(=O)O)[nH]c5c4)N3c3ccc4c(c3)OC(F)(F)O4)cc2[nH]1)C(C)C. The molecule has 9 rings (SSSR count). The number of benzene rings is 3. The molecule has 66 heavy (non-hydrogen) atoms. The molecule has 4 aliphatic heterocycles. The number of carboxylic acid groups (broad SMARTS) is 1. The van der Waals surface area contributed by atoms with E-state index in [1.165, 1.54) is 20.2 Å². The summed E-state index contributed by atoms with van der Waals surface area (Å²) in [5.74, 6) is 0.296. The average molecular weight is 912 g/mol. The van der Waals surface area contributed by atoms with E-state index in [2.05, 4.69) is 26.3 Å². The molecule has 6 heterocycles. The van der Waals surface area contributed by atoms with E-state index >= 15 is 0 Å². The Kier molecular flexibility index (Phi) is 11.7. The zero-order chi connectivity index (χ0) is 46.8. The summed E-state index contributed by atoms with van der Waals surface area (Å²) >= 11 is 0. The second-order valence-electron chi connectivity index (χ2n) is 18.4. The number of alkyl halides is 2. The molecule has 4 N–H and O–H groups in total. The predicted molar refractivity (Wildman–Crippen MR) is 238 cm³/mol. The van der Waals surface area contributed by atoms with Crippen LogP contribution in [0.15, 0.2) is 54.6 Å². The maximum atomic E-state index is 14.3. The van der Waals surface area contributed by atoms with Gasteiger partial charge in [-0.3, -0.25) is 14.5 Å². The highest BCUT2D eigenvalue weighted by atomic mass is 19.3. The molecule has 4 amide bonds. The number of likely N-dealkylation sites (N-methyl/N-ethyl adjacent to an activating group) is 1. The number of nitrogens with one attached hydrogen (secondary N) is 3. The molecular weight excluding hydrogens is 857 g/mol. The average Bonchev–Trinajstić information content (AvgIpc) is 4.13. The molecule has 0 unspecified atom stereocenters. The molecule has 0 aliphatic carbocycles. The van der Waals surface area contributed by atoms with Crippen LogP contribution in [0.25, 0.3) is 22.1 Å². The second-order valence-corrected chi connectivity index (χ2v) is 18.4. The Hall–Kier alpha value is -6.66. The summed E-state index contributed by atoms with van der Waals surface area (Å²) in [6, 6.07) is 14.2. The van der Waals surface area contributed by atoms with Crippen molar-refractivity contribution in [3.63, 3.8) is 0 Å². The van der Waals surface area contributed by atoms with Crippen LogP contribution in [0.5, 0.6) is 11.5 Å². The summed E-state index contributed by atoms with van der Waals surface area (Å²) in [5, 5.41) is 12.4. The van der Waals surface area contributed by atoms with E-state index in [0.29, 0.717) is 61.6 Å². The fraction of sp³-hybridized carbons (Fsp3) is 0.489. The van der Waals surface area contributed by atoms with Gasteiger partial charge in [-0.1, -0.05) is 39.8 Å². The summed E-state index contributed by atoms with van der Waals surface area (Å²) in [6.07, 6.45) is -1.30. The highest BCUT2D eigenvalue weighted by molar-refractivity contribution is 5.87. The molecule has 5 aromatic rings. The molecule has 0 saturated carbocycles. The van der Waals surface area contributed by atoms with Crippen molar-refractivity contribution in [3.8, 4) is 11.5 Å². The number of halogens is 2. The van der Waals surface area contributed by atoms with Crippen molar-refractivity contribution in [3.05, 3.63) is 77.4 Å². The molecule has 3 saturated heterocycles. The van der Waals surface area contributed by atoms with Gasteiger partial charge in [-0.2, -0.15) is 0 Å². The summed E-state index contributed by atoms with van der Waals surface area (Å²) in [6.45, 7) is 8.43. The lowest BCUT2D eigenvalue weighted by molar-refractivity contribution is -0.286. The topological polar surface area (TPSA) is 199 Å². The Morgan fingerprint density at radius 3 is 1.83 bits per heavy atom. The molecule has 19 heteroatoms. The molecule has 0 spiro atoms. The van der Waals surface area contributed by atoms with Crippen LogP contribution in [0.4, 0.5) is 24.1 Å². The molecule has 350 valence electrons. The number of carbonyl (C=O) groups is 4. The molecule has 3 fully saturated rings. The lowest BCUT2D eigenvalue weighted by Gasteiger charge is -2.33. The minimum atomic E-state index is -3.79. The van der Waals surface area contributed by atoms with E-state index in [4.69, 9.17) is 24.2 Å². The lowest BCUT2D eigenvalue weighted by Crippen LogP contribution is -2.51. The van der Waals surface area contributed by atoms with E-state index in [1.807, 2.05) is 58.0 Å².